The number of phenolic OH excluding ortho intramolecular Hbond substituents is 2. The molecule has 0 fully saturated rings. The maximum absolute atomic E-state index is 12.1. The molecule has 2 aromatic rings. The summed E-state index contributed by atoms with van der Waals surface area (Å²) in [6.07, 6.45) is 0.522. The Labute approximate surface area is 128 Å². The van der Waals surface area contributed by atoms with Gasteiger partial charge in [0, 0.05) is 18.0 Å². The van der Waals surface area contributed by atoms with Crippen molar-refractivity contribution in [2.75, 3.05) is 0 Å². The number of aromatic nitrogens is 1. The third-order valence-corrected chi connectivity index (χ3v) is 3.29. The van der Waals surface area contributed by atoms with Crippen molar-refractivity contribution < 1.29 is 19.5 Å². The van der Waals surface area contributed by atoms with Gasteiger partial charge in [-0.2, -0.15) is 0 Å². The van der Waals surface area contributed by atoms with E-state index >= 15 is 0 Å². The molecule has 1 amide bonds. The first-order chi connectivity index (χ1) is 10.4. The molecule has 0 aliphatic heterocycles. The minimum absolute atomic E-state index is 0.157. The molecule has 0 radical (unpaired) electrons. The van der Waals surface area contributed by atoms with Crippen molar-refractivity contribution in [1.82, 2.24) is 10.5 Å². The van der Waals surface area contributed by atoms with Crippen LogP contribution in [-0.4, -0.2) is 27.3 Å². The molecule has 2 rings (SSSR count). The molecule has 1 aromatic heterocycles. The summed E-state index contributed by atoms with van der Waals surface area (Å²) in [7, 11) is 0. The van der Waals surface area contributed by atoms with E-state index in [2.05, 4.69) is 10.5 Å². The second kappa shape index (κ2) is 6.51. The SMILES string of the molecule is CC(Cc1ccc(O)c(O)c1)NC(=O)c1cc(C(C)C)on1. The maximum atomic E-state index is 12.1. The molecular weight excluding hydrogens is 284 g/mol. The smallest absolute Gasteiger partial charge is 0.273 e. The van der Waals surface area contributed by atoms with Gasteiger partial charge in [0.2, 0.25) is 0 Å². The summed E-state index contributed by atoms with van der Waals surface area (Å²) in [5.41, 5.74) is 1.07. The van der Waals surface area contributed by atoms with Crippen molar-refractivity contribution in [3.8, 4) is 11.5 Å². The number of nitrogens with one attached hydrogen (secondary N) is 1. The lowest BCUT2D eigenvalue weighted by Gasteiger charge is -2.13. The first-order valence-electron chi connectivity index (χ1n) is 7.15. The largest absolute Gasteiger partial charge is 0.504 e. The lowest BCUT2D eigenvalue weighted by Crippen LogP contribution is -2.34. The van der Waals surface area contributed by atoms with E-state index in [1.54, 1.807) is 12.1 Å². The van der Waals surface area contributed by atoms with Crippen molar-refractivity contribution in [2.24, 2.45) is 0 Å². The molecule has 0 aliphatic carbocycles. The van der Waals surface area contributed by atoms with E-state index in [0.717, 1.165) is 5.56 Å². The normalized spacial score (nSPS) is 12.4. The van der Waals surface area contributed by atoms with Crippen molar-refractivity contribution in [3.63, 3.8) is 0 Å². The number of amides is 1. The highest BCUT2D eigenvalue weighted by Gasteiger charge is 2.16. The third kappa shape index (κ3) is 3.78. The van der Waals surface area contributed by atoms with Crippen molar-refractivity contribution in [1.29, 1.82) is 0 Å². The molecule has 1 unspecified atom stereocenters. The number of phenols is 2. The van der Waals surface area contributed by atoms with E-state index in [9.17, 15) is 15.0 Å². The van der Waals surface area contributed by atoms with Crippen LogP contribution in [0.4, 0.5) is 0 Å². The van der Waals surface area contributed by atoms with Crippen LogP contribution in [0.15, 0.2) is 28.8 Å². The highest BCUT2D eigenvalue weighted by molar-refractivity contribution is 5.92. The van der Waals surface area contributed by atoms with Crippen LogP contribution in [-0.2, 0) is 6.42 Å². The number of carbonyl (C=O) groups is 1. The number of carbonyl (C=O) groups excluding carboxylic acids is 1. The second-order valence-electron chi connectivity index (χ2n) is 5.67. The van der Waals surface area contributed by atoms with E-state index in [0.29, 0.717) is 12.2 Å². The van der Waals surface area contributed by atoms with E-state index < -0.39 is 0 Å². The van der Waals surface area contributed by atoms with Crippen LogP contribution in [0.1, 0.15) is 48.5 Å². The summed E-state index contributed by atoms with van der Waals surface area (Å²) in [5, 5.41) is 25.3. The minimum Gasteiger partial charge on any atom is -0.504 e. The summed E-state index contributed by atoms with van der Waals surface area (Å²) in [4.78, 5) is 12.1. The Bertz CT molecular complexity index is 664. The van der Waals surface area contributed by atoms with Crippen LogP contribution in [0.2, 0.25) is 0 Å². The molecule has 1 atom stereocenters. The van der Waals surface area contributed by atoms with E-state index in [1.807, 2.05) is 20.8 Å². The molecule has 0 saturated heterocycles. The summed E-state index contributed by atoms with van der Waals surface area (Å²) in [5.74, 6) is 0.206. The average Bonchev–Trinajstić information content (AvgIpc) is 2.93. The van der Waals surface area contributed by atoms with Crippen molar-refractivity contribution in [3.05, 3.63) is 41.3 Å². The minimum atomic E-state index is -0.300. The molecule has 0 spiro atoms. The standard InChI is InChI=1S/C16H20N2O4/c1-9(2)15-8-12(18-22-15)16(21)17-10(3)6-11-4-5-13(19)14(20)7-11/h4-5,7-10,19-20H,6H2,1-3H3,(H,17,21). The highest BCUT2D eigenvalue weighted by Crippen LogP contribution is 2.25. The quantitative estimate of drug-likeness (QED) is 0.738. The Morgan fingerprint density at radius 2 is 1.95 bits per heavy atom. The zero-order chi connectivity index (χ0) is 16.3. The van der Waals surface area contributed by atoms with Gasteiger partial charge in [0.05, 0.1) is 0 Å². The van der Waals surface area contributed by atoms with Crippen LogP contribution in [0.3, 0.4) is 0 Å². The van der Waals surface area contributed by atoms with Gasteiger partial charge in [-0.3, -0.25) is 4.79 Å². The van der Waals surface area contributed by atoms with E-state index in [4.69, 9.17) is 4.52 Å². The predicted molar refractivity (Wildman–Crippen MR) is 81.0 cm³/mol. The molecule has 0 aliphatic rings. The Hall–Kier alpha value is -2.50. The van der Waals surface area contributed by atoms with Crippen LogP contribution in [0, 0.1) is 0 Å². The van der Waals surface area contributed by atoms with Gasteiger partial charge in [-0.15, -0.1) is 0 Å². The highest BCUT2D eigenvalue weighted by atomic mass is 16.5. The molecule has 3 N–H and O–H groups in total. The van der Waals surface area contributed by atoms with Gasteiger partial charge in [-0.25, -0.2) is 0 Å². The first kappa shape index (κ1) is 15.9. The lowest BCUT2D eigenvalue weighted by atomic mass is 10.1. The summed E-state index contributed by atoms with van der Waals surface area (Å²) in [6.45, 7) is 5.77. The molecule has 1 aromatic carbocycles. The topological polar surface area (TPSA) is 95.6 Å². The molecule has 0 saturated carbocycles. The van der Waals surface area contributed by atoms with Crippen molar-refractivity contribution >= 4 is 5.91 Å². The van der Waals surface area contributed by atoms with Crippen LogP contribution < -0.4 is 5.32 Å². The zero-order valence-corrected chi connectivity index (χ0v) is 12.8. The average molecular weight is 304 g/mol. The van der Waals surface area contributed by atoms with E-state index in [1.165, 1.54) is 12.1 Å². The lowest BCUT2D eigenvalue weighted by molar-refractivity contribution is 0.0931. The molecule has 6 nitrogen and oxygen atoms in total. The van der Waals surface area contributed by atoms with E-state index in [-0.39, 0.29) is 35.1 Å². The zero-order valence-electron chi connectivity index (χ0n) is 12.8. The van der Waals surface area contributed by atoms with Gasteiger partial charge in [0.1, 0.15) is 5.76 Å². The Kier molecular flexibility index (Phi) is 4.70. The number of aromatic hydroxyl groups is 2. The maximum Gasteiger partial charge on any atom is 0.273 e. The molecule has 6 heteroatoms. The van der Waals surface area contributed by atoms with Crippen LogP contribution in [0.25, 0.3) is 0 Å². The third-order valence-electron chi connectivity index (χ3n) is 3.29. The van der Waals surface area contributed by atoms with Crippen LogP contribution >= 0.6 is 0 Å². The monoisotopic (exact) mass is 304 g/mol. The van der Waals surface area contributed by atoms with Gasteiger partial charge < -0.3 is 20.1 Å². The summed E-state index contributed by atoms with van der Waals surface area (Å²) in [6, 6.07) is 6.08. The van der Waals surface area contributed by atoms with Gasteiger partial charge in [0.25, 0.3) is 5.91 Å². The summed E-state index contributed by atoms with van der Waals surface area (Å²) < 4.78 is 5.10. The van der Waals surface area contributed by atoms with Gasteiger partial charge in [-0.1, -0.05) is 25.1 Å². The second-order valence-corrected chi connectivity index (χ2v) is 5.67. The fraction of sp³-hybridized carbons (Fsp3) is 0.375. The fourth-order valence-electron chi connectivity index (χ4n) is 2.07. The summed E-state index contributed by atoms with van der Waals surface area (Å²) >= 11 is 0. The molecule has 0 bridgehead atoms. The Morgan fingerprint density at radius 3 is 2.55 bits per heavy atom. The number of hydrogen-bond acceptors (Lipinski definition) is 5. The molecule has 1 heterocycles. The Morgan fingerprint density at radius 1 is 1.23 bits per heavy atom. The number of benzene rings is 1. The number of hydrogen-bond donors (Lipinski definition) is 3. The predicted octanol–water partition coefficient (Wildman–Crippen LogP) is 2.57. The molecule has 22 heavy (non-hydrogen) atoms. The van der Waals surface area contributed by atoms with Crippen molar-refractivity contribution in [2.45, 2.75) is 39.2 Å². The molecule has 118 valence electrons. The number of rotatable bonds is 5. The first-order valence-corrected chi connectivity index (χ1v) is 7.15. The number of nitrogens with zero attached hydrogens (tertiary/aromatic N) is 1. The van der Waals surface area contributed by atoms with Crippen LogP contribution in [0.5, 0.6) is 11.5 Å². The van der Waals surface area contributed by atoms with Gasteiger partial charge in [0.15, 0.2) is 17.2 Å². The van der Waals surface area contributed by atoms with Gasteiger partial charge >= 0.3 is 0 Å². The Balaban J connectivity index is 1.96. The molecular formula is C16H20N2O4. The fourth-order valence-corrected chi connectivity index (χ4v) is 2.07. The van der Waals surface area contributed by atoms with Gasteiger partial charge in [-0.05, 0) is 31.0 Å².